The van der Waals surface area contributed by atoms with Crippen LogP contribution in [0.5, 0.6) is 0 Å². The van der Waals surface area contributed by atoms with Crippen molar-refractivity contribution in [1.29, 1.82) is 0 Å². The van der Waals surface area contributed by atoms with E-state index in [4.69, 9.17) is 0 Å². The van der Waals surface area contributed by atoms with Gasteiger partial charge in [0, 0.05) is 11.3 Å². The standard InChI is InChI=1S/C21H21N5O2/c1-12-4-7-15(8-5-12)19-23-21-24-20(28)17(26(21)25-19)11-18(27)22-16-9-6-13(2)10-14(16)3/h4-10,17H,11H2,1-3H3,(H,22,27)(H,23,24,25,28)/t17-/m1/s1. The molecule has 2 amide bonds. The maximum absolute atomic E-state index is 12.5. The second-order valence-electron chi connectivity index (χ2n) is 7.15. The number of amides is 2. The molecule has 2 N–H and O–H groups in total. The maximum atomic E-state index is 12.5. The van der Waals surface area contributed by atoms with Gasteiger partial charge in [-0.2, -0.15) is 4.98 Å². The monoisotopic (exact) mass is 375 g/mol. The summed E-state index contributed by atoms with van der Waals surface area (Å²) in [6.07, 6.45) is -0.0111. The summed E-state index contributed by atoms with van der Waals surface area (Å²) in [5, 5.41) is 10.0. The first kappa shape index (κ1) is 17.9. The van der Waals surface area contributed by atoms with Gasteiger partial charge in [-0.3, -0.25) is 14.9 Å². The predicted molar refractivity (Wildman–Crippen MR) is 107 cm³/mol. The van der Waals surface area contributed by atoms with Crippen LogP contribution in [0.15, 0.2) is 42.5 Å². The number of benzene rings is 2. The number of nitrogens with zero attached hydrogens (tertiary/aromatic N) is 3. The van der Waals surface area contributed by atoms with Crippen molar-refractivity contribution in [1.82, 2.24) is 14.8 Å². The Balaban J connectivity index is 1.52. The molecule has 1 aliphatic rings. The Bertz CT molecular complexity index is 1070. The third-order valence-corrected chi connectivity index (χ3v) is 4.81. The third-order valence-electron chi connectivity index (χ3n) is 4.81. The molecule has 4 rings (SSSR count). The van der Waals surface area contributed by atoms with Gasteiger partial charge in [-0.1, -0.05) is 47.5 Å². The largest absolute Gasteiger partial charge is 0.326 e. The number of rotatable bonds is 4. The summed E-state index contributed by atoms with van der Waals surface area (Å²) >= 11 is 0. The molecule has 0 radical (unpaired) electrons. The van der Waals surface area contributed by atoms with Gasteiger partial charge in [0.1, 0.15) is 6.04 Å². The number of aromatic nitrogens is 3. The lowest BCUT2D eigenvalue weighted by atomic mass is 10.1. The van der Waals surface area contributed by atoms with Gasteiger partial charge in [0.25, 0.3) is 5.91 Å². The number of fused-ring (bicyclic) bond motifs is 1. The van der Waals surface area contributed by atoms with Gasteiger partial charge in [-0.25, -0.2) is 4.68 Å². The Morgan fingerprint density at radius 2 is 1.82 bits per heavy atom. The predicted octanol–water partition coefficient (Wildman–Crippen LogP) is 3.39. The number of carbonyl (C=O) groups is 2. The molecule has 0 spiro atoms. The lowest BCUT2D eigenvalue weighted by Crippen LogP contribution is -2.24. The van der Waals surface area contributed by atoms with E-state index in [1.807, 2.05) is 63.2 Å². The normalized spacial score (nSPS) is 15.2. The minimum atomic E-state index is -0.715. The highest BCUT2D eigenvalue weighted by Gasteiger charge is 2.35. The van der Waals surface area contributed by atoms with Crippen molar-refractivity contribution in [2.24, 2.45) is 0 Å². The van der Waals surface area contributed by atoms with Crippen molar-refractivity contribution in [3.8, 4) is 11.4 Å². The van der Waals surface area contributed by atoms with Crippen LogP contribution in [0.2, 0.25) is 0 Å². The Hall–Kier alpha value is -3.48. The Morgan fingerprint density at radius 1 is 1.11 bits per heavy atom. The molecule has 142 valence electrons. The molecular formula is C21H21N5O2. The lowest BCUT2D eigenvalue weighted by molar-refractivity contribution is -0.123. The first-order valence-electron chi connectivity index (χ1n) is 9.12. The van der Waals surface area contributed by atoms with Crippen molar-refractivity contribution < 1.29 is 9.59 Å². The number of anilines is 2. The van der Waals surface area contributed by atoms with E-state index < -0.39 is 6.04 Å². The van der Waals surface area contributed by atoms with E-state index in [1.165, 1.54) is 4.68 Å². The molecule has 0 saturated carbocycles. The van der Waals surface area contributed by atoms with Gasteiger partial charge in [-0.15, -0.1) is 5.10 Å². The molecule has 28 heavy (non-hydrogen) atoms. The van der Waals surface area contributed by atoms with E-state index in [9.17, 15) is 9.59 Å². The van der Waals surface area contributed by atoms with E-state index in [0.29, 0.717) is 11.8 Å². The quantitative estimate of drug-likeness (QED) is 0.731. The Morgan fingerprint density at radius 3 is 2.54 bits per heavy atom. The van der Waals surface area contributed by atoms with E-state index in [2.05, 4.69) is 20.7 Å². The van der Waals surface area contributed by atoms with Gasteiger partial charge in [0.15, 0.2) is 5.82 Å². The van der Waals surface area contributed by atoms with Crippen molar-refractivity contribution in [2.75, 3.05) is 10.6 Å². The van der Waals surface area contributed by atoms with Gasteiger partial charge in [0.05, 0.1) is 6.42 Å². The average molecular weight is 375 g/mol. The van der Waals surface area contributed by atoms with Crippen molar-refractivity contribution in [3.05, 3.63) is 59.2 Å². The molecule has 2 aromatic carbocycles. The van der Waals surface area contributed by atoms with Crippen LogP contribution in [-0.4, -0.2) is 26.6 Å². The molecule has 1 atom stereocenters. The topological polar surface area (TPSA) is 88.9 Å². The summed E-state index contributed by atoms with van der Waals surface area (Å²) < 4.78 is 1.50. The van der Waals surface area contributed by atoms with E-state index in [1.54, 1.807) is 0 Å². The Labute approximate surface area is 162 Å². The molecule has 0 saturated heterocycles. The summed E-state index contributed by atoms with van der Waals surface area (Å²) in [6, 6.07) is 12.9. The summed E-state index contributed by atoms with van der Waals surface area (Å²) in [5.74, 6) is 0.369. The fourth-order valence-corrected chi connectivity index (χ4v) is 3.27. The first-order chi connectivity index (χ1) is 13.4. The van der Waals surface area contributed by atoms with Gasteiger partial charge in [-0.05, 0) is 32.4 Å². The zero-order valence-corrected chi connectivity index (χ0v) is 16.0. The van der Waals surface area contributed by atoms with Crippen LogP contribution >= 0.6 is 0 Å². The zero-order chi connectivity index (χ0) is 19.8. The van der Waals surface area contributed by atoms with Gasteiger partial charge < -0.3 is 5.32 Å². The van der Waals surface area contributed by atoms with Crippen molar-refractivity contribution in [2.45, 2.75) is 33.2 Å². The minimum Gasteiger partial charge on any atom is -0.326 e. The number of nitrogens with one attached hydrogen (secondary N) is 2. The number of carbonyl (C=O) groups excluding carboxylic acids is 2. The summed E-state index contributed by atoms with van der Waals surface area (Å²) in [6.45, 7) is 5.95. The number of aryl methyl sites for hydroxylation is 3. The molecule has 1 aromatic heterocycles. The molecule has 0 bridgehead atoms. The summed E-state index contributed by atoms with van der Waals surface area (Å²) in [7, 11) is 0. The molecule has 7 nitrogen and oxygen atoms in total. The minimum absolute atomic E-state index is 0.0111. The first-order valence-corrected chi connectivity index (χ1v) is 9.12. The fourth-order valence-electron chi connectivity index (χ4n) is 3.27. The highest BCUT2D eigenvalue weighted by atomic mass is 16.2. The molecule has 2 heterocycles. The molecule has 7 heteroatoms. The van der Waals surface area contributed by atoms with Crippen LogP contribution in [0.1, 0.15) is 29.2 Å². The molecule has 1 aliphatic heterocycles. The van der Waals surface area contributed by atoms with E-state index >= 15 is 0 Å². The fraction of sp³-hybridized carbons (Fsp3) is 0.238. The van der Waals surface area contributed by atoms with Crippen LogP contribution in [0.25, 0.3) is 11.4 Å². The van der Waals surface area contributed by atoms with Crippen LogP contribution in [0, 0.1) is 20.8 Å². The lowest BCUT2D eigenvalue weighted by Gasteiger charge is -2.12. The molecular weight excluding hydrogens is 354 g/mol. The molecule has 3 aromatic rings. The van der Waals surface area contributed by atoms with Gasteiger partial charge in [0.2, 0.25) is 11.9 Å². The highest BCUT2D eigenvalue weighted by molar-refractivity contribution is 6.01. The van der Waals surface area contributed by atoms with Crippen LogP contribution < -0.4 is 10.6 Å². The smallest absolute Gasteiger partial charge is 0.252 e. The van der Waals surface area contributed by atoms with Crippen LogP contribution in [-0.2, 0) is 9.59 Å². The molecule has 0 aliphatic carbocycles. The highest BCUT2D eigenvalue weighted by Crippen LogP contribution is 2.29. The third kappa shape index (κ3) is 3.38. The van der Waals surface area contributed by atoms with Crippen LogP contribution in [0.3, 0.4) is 0 Å². The van der Waals surface area contributed by atoms with Gasteiger partial charge >= 0.3 is 0 Å². The van der Waals surface area contributed by atoms with E-state index in [-0.39, 0.29) is 18.2 Å². The second-order valence-corrected chi connectivity index (χ2v) is 7.15. The van der Waals surface area contributed by atoms with E-state index in [0.717, 1.165) is 27.9 Å². The summed E-state index contributed by atoms with van der Waals surface area (Å²) in [4.78, 5) is 29.2. The number of hydrogen-bond acceptors (Lipinski definition) is 4. The maximum Gasteiger partial charge on any atom is 0.252 e. The average Bonchev–Trinajstić information content (AvgIpc) is 3.17. The van der Waals surface area contributed by atoms with Crippen molar-refractivity contribution >= 4 is 23.5 Å². The SMILES string of the molecule is Cc1ccc(-c2nc3n(n2)[C@H](CC(=O)Nc2ccc(C)cc2C)C(=O)N3)cc1. The Kier molecular flexibility index (Phi) is 4.43. The van der Waals surface area contributed by atoms with Crippen LogP contribution in [0.4, 0.5) is 11.6 Å². The molecule has 0 fully saturated rings. The second kappa shape index (κ2) is 6.92. The zero-order valence-electron chi connectivity index (χ0n) is 16.0. The summed E-state index contributed by atoms with van der Waals surface area (Å²) in [5.41, 5.74) is 4.85. The van der Waals surface area contributed by atoms with Crippen molar-refractivity contribution in [3.63, 3.8) is 0 Å². The molecule has 0 unspecified atom stereocenters. The number of hydrogen-bond donors (Lipinski definition) is 2.